The smallest absolute Gasteiger partial charge is 0.292 e. The van der Waals surface area contributed by atoms with Gasteiger partial charge in [-0.05, 0) is 38.6 Å². The van der Waals surface area contributed by atoms with Crippen molar-refractivity contribution in [3.8, 4) is 5.69 Å². The van der Waals surface area contributed by atoms with Gasteiger partial charge in [-0.1, -0.05) is 11.6 Å². The molecule has 0 spiro atoms. The number of anilines is 1. The maximum Gasteiger partial charge on any atom is 0.292 e. The van der Waals surface area contributed by atoms with Crippen LogP contribution < -0.4 is 10.5 Å². The summed E-state index contributed by atoms with van der Waals surface area (Å²) in [5.41, 5.74) is -0.196. The molecule has 1 atom stereocenters. The SMILES string of the molecule is CN1CCCC(N2CCN(c3cnn(-c4ccc(F)cc4F)c(=O)c3Cl)CC2)C1. The van der Waals surface area contributed by atoms with Gasteiger partial charge >= 0.3 is 0 Å². The van der Waals surface area contributed by atoms with E-state index >= 15 is 0 Å². The van der Waals surface area contributed by atoms with Crippen LogP contribution in [0.15, 0.2) is 29.2 Å². The summed E-state index contributed by atoms with van der Waals surface area (Å²) in [6.45, 7) is 5.52. The highest BCUT2D eigenvalue weighted by atomic mass is 35.5. The van der Waals surface area contributed by atoms with Crippen molar-refractivity contribution in [1.82, 2.24) is 19.6 Å². The highest BCUT2D eigenvalue weighted by Gasteiger charge is 2.28. The molecule has 4 rings (SSSR count). The first kappa shape index (κ1) is 20.3. The molecule has 1 aromatic carbocycles. The molecule has 2 aromatic rings. The van der Waals surface area contributed by atoms with Crippen molar-refractivity contribution in [2.45, 2.75) is 18.9 Å². The molecule has 0 aliphatic carbocycles. The molecule has 3 heterocycles. The topological polar surface area (TPSA) is 44.6 Å². The highest BCUT2D eigenvalue weighted by molar-refractivity contribution is 6.33. The summed E-state index contributed by atoms with van der Waals surface area (Å²) < 4.78 is 28.1. The molecule has 0 saturated carbocycles. The molecule has 0 radical (unpaired) electrons. The van der Waals surface area contributed by atoms with Gasteiger partial charge in [-0.25, -0.2) is 8.78 Å². The van der Waals surface area contributed by atoms with Gasteiger partial charge in [0.25, 0.3) is 5.56 Å². The fraction of sp³-hybridized carbons (Fsp3) is 0.500. The summed E-state index contributed by atoms with van der Waals surface area (Å²) >= 11 is 6.34. The van der Waals surface area contributed by atoms with E-state index in [4.69, 9.17) is 11.6 Å². The van der Waals surface area contributed by atoms with Crippen LogP contribution in [0, 0.1) is 11.6 Å². The number of aromatic nitrogens is 2. The Kier molecular flexibility index (Phi) is 5.85. The molecular formula is C20H24ClF2N5O. The summed E-state index contributed by atoms with van der Waals surface area (Å²) in [5.74, 6) is -1.58. The van der Waals surface area contributed by atoms with Crippen LogP contribution in [0.1, 0.15) is 12.8 Å². The fourth-order valence-corrected chi connectivity index (χ4v) is 4.48. The quantitative estimate of drug-likeness (QED) is 0.758. The van der Waals surface area contributed by atoms with Gasteiger partial charge < -0.3 is 9.80 Å². The largest absolute Gasteiger partial charge is 0.366 e. The number of piperidine rings is 1. The molecule has 2 saturated heterocycles. The van der Waals surface area contributed by atoms with Gasteiger partial charge in [-0.3, -0.25) is 9.69 Å². The van der Waals surface area contributed by atoms with E-state index in [2.05, 4.69) is 21.9 Å². The normalized spacial score (nSPS) is 21.5. The Morgan fingerprint density at radius 3 is 2.55 bits per heavy atom. The van der Waals surface area contributed by atoms with Crippen LogP contribution in [-0.4, -0.2) is 71.9 Å². The first-order valence-corrected chi connectivity index (χ1v) is 10.2. The second kappa shape index (κ2) is 8.38. The minimum atomic E-state index is -0.866. The van der Waals surface area contributed by atoms with E-state index in [0.717, 1.165) is 50.0 Å². The molecule has 156 valence electrons. The lowest BCUT2D eigenvalue weighted by molar-refractivity contribution is 0.106. The van der Waals surface area contributed by atoms with Gasteiger partial charge in [-0.15, -0.1) is 0 Å². The molecule has 0 N–H and O–H groups in total. The van der Waals surface area contributed by atoms with E-state index < -0.39 is 17.2 Å². The zero-order valence-electron chi connectivity index (χ0n) is 16.3. The van der Waals surface area contributed by atoms with Crippen LogP contribution in [0.2, 0.25) is 5.02 Å². The number of halogens is 3. The third-order valence-electron chi connectivity index (χ3n) is 5.81. The van der Waals surface area contributed by atoms with Crippen LogP contribution in [0.3, 0.4) is 0 Å². The predicted molar refractivity (Wildman–Crippen MR) is 109 cm³/mol. The minimum absolute atomic E-state index is 0.00502. The second-order valence-electron chi connectivity index (χ2n) is 7.74. The van der Waals surface area contributed by atoms with Crippen LogP contribution in [-0.2, 0) is 0 Å². The third kappa shape index (κ3) is 4.15. The van der Waals surface area contributed by atoms with Gasteiger partial charge in [0.05, 0.1) is 11.9 Å². The second-order valence-corrected chi connectivity index (χ2v) is 8.12. The maximum atomic E-state index is 14.0. The lowest BCUT2D eigenvalue weighted by Gasteiger charge is -2.43. The molecule has 9 heteroatoms. The number of likely N-dealkylation sites (N-methyl/N-ethyl adjacent to an activating group) is 1. The monoisotopic (exact) mass is 423 g/mol. The van der Waals surface area contributed by atoms with Crippen LogP contribution in [0.25, 0.3) is 5.69 Å². The zero-order valence-corrected chi connectivity index (χ0v) is 17.1. The average Bonchev–Trinajstić information content (AvgIpc) is 2.71. The number of benzene rings is 1. The Morgan fingerprint density at radius 1 is 1.10 bits per heavy atom. The summed E-state index contributed by atoms with van der Waals surface area (Å²) in [6.07, 6.45) is 3.91. The molecule has 2 fully saturated rings. The third-order valence-corrected chi connectivity index (χ3v) is 6.16. The summed E-state index contributed by atoms with van der Waals surface area (Å²) in [5, 5.41) is 4.08. The molecule has 0 bridgehead atoms. The van der Waals surface area contributed by atoms with Gasteiger partial charge in [0.1, 0.15) is 16.5 Å². The van der Waals surface area contributed by atoms with Crippen LogP contribution >= 0.6 is 11.6 Å². The predicted octanol–water partition coefficient (Wildman–Crippen LogP) is 2.38. The van der Waals surface area contributed by atoms with E-state index in [-0.39, 0.29) is 10.7 Å². The number of rotatable bonds is 3. The molecule has 2 aliphatic rings. The molecule has 6 nitrogen and oxygen atoms in total. The Balaban J connectivity index is 1.50. The van der Waals surface area contributed by atoms with Crippen molar-refractivity contribution in [3.05, 3.63) is 51.4 Å². The van der Waals surface area contributed by atoms with Crippen LogP contribution in [0.4, 0.5) is 14.5 Å². The van der Waals surface area contributed by atoms with Gasteiger partial charge in [-0.2, -0.15) is 9.78 Å². The molecule has 1 aromatic heterocycles. The number of hydrogen-bond donors (Lipinski definition) is 0. The van der Waals surface area contributed by atoms with Crippen molar-refractivity contribution in [2.75, 3.05) is 51.2 Å². The number of likely N-dealkylation sites (tertiary alicyclic amines) is 1. The van der Waals surface area contributed by atoms with Crippen molar-refractivity contribution in [1.29, 1.82) is 0 Å². The van der Waals surface area contributed by atoms with Crippen molar-refractivity contribution in [3.63, 3.8) is 0 Å². The first-order chi connectivity index (χ1) is 13.9. The molecule has 2 aliphatic heterocycles. The molecule has 1 unspecified atom stereocenters. The van der Waals surface area contributed by atoms with E-state index in [1.807, 2.05) is 4.90 Å². The summed E-state index contributed by atoms with van der Waals surface area (Å²) in [6, 6.07) is 3.54. The number of piperazine rings is 1. The molecule has 0 amide bonds. The molecule has 29 heavy (non-hydrogen) atoms. The maximum absolute atomic E-state index is 14.0. The standard InChI is InChI=1S/C20H24ClF2N5O/c1-25-6-2-3-15(13-25)26-7-9-27(10-8-26)18-12-24-28(20(29)19(18)21)17-5-4-14(22)11-16(17)23/h4-5,11-12,15H,2-3,6-10,13H2,1H3. The highest BCUT2D eigenvalue weighted by Crippen LogP contribution is 2.25. The lowest BCUT2D eigenvalue weighted by Crippen LogP contribution is -2.54. The van der Waals surface area contributed by atoms with E-state index in [1.165, 1.54) is 25.1 Å². The minimum Gasteiger partial charge on any atom is -0.366 e. The Bertz CT molecular complexity index is 945. The van der Waals surface area contributed by atoms with Crippen molar-refractivity contribution < 1.29 is 8.78 Å². The van der Waals surface area contributed by atoms with E-state index in [0.29, 0.717) is 17.8 Å². The van der Waals surface area contributed by atoms with Crippen molar-refractivity contribution in [2.24, 2.45) is 0 Å². The Labute approximate surface area is 173 Å². The first-order valence-electron chi connectivity index (χ1n) is 9.85. The fourth-order valence-electron chi connectivity index (χ4n) is 4.23. The van der Waals surface area contributed by atoms with E-state index in [1.54, 1.807) is 0 Å². The van der Waals surface area contributed by atoms with Gasteiger partial charge in [0, 0.05) is 44.8 Å². The Morgan fingerprint density at radius 2 is 1.86 bits per heavy atom. The van der Waals surface area contributed by atoms with Gasteiger partial charge in [0.2, 0.25) is 0 Å². The summed E-state index contributed by atoms with van der Waals surface area (Å²) in [4.78, 5) is 19.6. The lowest BCUT2D eigenvalue weighted by atomic mass is 10.0. The van der Waals surface area contributed by atoms with Crippen molar-refractivity contribution >= 4 is 17.3 Å². The Hall–Kier alpha value is -2.03. The van der Waals surface area contributed by atoms with Crippen LogP contribution in [0.5, 0.6) is 0 Å². The van der Waals surface area contributed by atoms with Gasteiger partial charge in [0.15, 0.2) is 5.82 Å². The van der Waals surface area contributed by atoms with E-state index in [9.17, 15) is 13.6 Å². The summed E-state index contributed by atoms with van der Waals surface area (Å²) in [7, 11) is 2.16. The zero-order chi connectivity index (χ0) is 20.5. The number of hydrogen-bond acceptors (Lipinski definition) is 5. The average molecular weight is 424 g/mol. The number of nitrogens with zero attached hydrogens (tertiary/aromatic N) is 5. The molecular weight excluding hydrogens is 400 g/mol.